The van der Waals surface area contributed by atoms with Crippen molar-refractivity contribution in [2.45, 2.75) is 6.54 Å². The van der Waals surface area contributed by atoms with Gasteiger partial charge < -0.3 is 10.8 Å². The van der Waals surface area contributed by atoms with Gasteiger partial charge in [-0.2, -0.15) is 5.26 Å². The second kappa shape index (κ2) is 4.22. The van der Waals surface area contributed by atoms with Gasteiger partial charge in [-0.1, -0.05) is 15.9 Å². The fraction of sp³-hybridized carbons (Fsp3) is 0.111. The van der Waals surface area contributed by atoms with Gasteiger partial charge in [0.2, 0.25) is 0 Å². The molecule has 0 bridgehead atoms. The number of rotatable bonds is 2. The summed E-state index contributed by atoms with van der Waals surface area (Å²) in [5.41, 5.74) is 6.05. The SMILES string of the molecule is N#Cc1c(C(=O)O)ccc(Br)c1CN. The normalized spacial score (nSPS) is 9.50. The third-order valence-electron chi connectivity index (χ3n) is 1.80. The summed E-state index contributed by atoms with van der Waals surface area (Å²) in [7, 11) is 0. The first kappa shape index (κ1) is 10.7. The molecule has 0 aliphatic rings. The van der Waals surface area contributed by atoms with E-state index in [0.29, 0.717) is 10.0 Å². The van der Waals surface area contributed by atoms with E-state index in [1.165, 1.54) is 6.07 Å². The number of carboxylic acids is 1. The third kappa shape index (κ3) is 1.76. The Morgan fingerprint density at radius 1 is 1.64 bits per heavy atom. The van der Waals surface area contributed by atoms with Crippen LogP contribution in [0.4, 0.5) is 0 Å². The van der Waals surface area contributed by atoms with Crippen molar-refractivity contribution in [3.8, 4) is 6.07 Å². The molecule has 0 heterocycles. The second-order valence-corrected chi connectivity index (χ2v) is 3.42. The molecule has 5 heteroatoms. The zero-order valence-electron chi connectivity index (χ0n) is 7.12. The number of halogens is 1. The Bertz CT molecular complexity index is 424. The van der Waals surface area contributed by atoms with Crippen molar-refractivity contribution in [1.29, 1.82) is 5.26 Å². The lowest BCUT2D eigenvalue weighted by atomic mass is 10.0. The van der Waals surface area contributed by atoms with E-state index in [4.69, 9.17) is 16.1 Å². The summed E-state index contributed by atoms with van der Waals surface area (Å²) in [4.78, 5) is 10.8. The van der Waals surface area contributed by atoms with Gasteiger partial charge in [0, 0.05) is 11.0 Å². The maximum absolute atomic E-state index is 10.8. The lowest BCUT2D eigenvalue weighted by molar-refractivity contribution is 0.0696. The van der Waals surface area contributed by atoms with Gasteiger partial charge in [0.15, 0.2) is 0 Å². The molecule has 1 aromatic carbocycles. The average molecular weight is 255 g/mol. The minimum atomic E-state index is -1.12. The summed E-state index contributed by atoms with van der Waals surface area (Å²) in [6.07, 6.45) is 0. The first-order valence-electron chi connectivity index (χ1n) is 3.76. The quantitative estimate of drug-likeness (QED) is 0.837. The first-order chi connectivity index (χ1) is 6.61. The summed E-state index contributed by atoms with van der Waals surface area (Å²) in [6, 6.07) is 4.80. The summed E-state index contributed by atoms with van der Waals surface area (Å²) < 4.78 is 0.654. The van der Waals surface area contributed by atoms with Crippen LogP contribution in [0, 0.1) is 11.3 Å². The fourth-order valence-corrected chi connectivity index (χ4v) is 1.62. The highest BCUT2D eigenvalue weighted by Gasteiger charge is 2.15. The van der Waals surface area contributed by atoms with E-state index >= 15 is 0 Å². The van der Waals surface area contributed by atoms with Crippen LogP contribution in [-0.2, 0) is 6.54 Å². The van der Waals surface area contributed by atoms with Gasteiger partial charge in [-0.05, 0) is 17.7 Å². The van der Waals surface area contributed by atoms with Crippen LogP contribution in [-0.4, -0.2) is 11.1 Å². The average Bonchev–Trinajstić information content (AvgIpc) is 2.16. The van der Waals surface area contributed by atoms with Crippen molar-refractivity contribution < 1.29 is 9.90 Å². The van der Waals surface area contributed by atoms with E-state index in [0.717, 1.165) is 0 Å². The molecule has 0 fully saturated rings. The van der Waals surface area contributed by atoms with E-state index in [9.17, 15) is 4.79 Å². The number of carbonyl (C=O) groups is 1. The van der Waals surface area contributed by atoms with Crippen molar-refractivity contribution in [2.24, 2.45) is 5.73 Å². The van der Waals surface area contributed by atoms with Gasteiger partial charge in [-0.15, -0.1) is 0 Å². The molecule has 0 radical (unpaired) electrons. The highest BCUT2D eigenvalue weighted by Crippen LogP contribution is 2.23. The van der Waals surface area contributed by atoms with Crippen LogP contribution in [0.1, 0.15) is 21.5 Å². The standard InChI is InChI=1S/C9H7BrN2O2/c10-8-2-1-5(9(13)14)6(3-11)7(8)4-12/h1-2H,4,12H2,(H,13,14). The van der Waals surface area contributed by atoms with E-state index in [1.54, 1.807) is 6.07 Å². The van der Waals surface area contributed by atoms with Crippen LogP contribution in [0.25, 0.3) is 0 Å². The van der Waals surface area contributed by atoms with Crippen LogP contribution in [0.15, 0.2) is 16.6 Å². The highest BCUT2D eigenvalue weighted by atomic mass is 79.9. The molecule has 0 spiro atoms. The maximum Gasteiger partial charge on any atom is 0.337 e. The number of nitriles is 1. The van der Waals surface area contributed by atoms with Crippen molar-refractivity contribution >= 4 is 21.9 Å². The smallest absolute Gasteiger partial charge is 0.337 e. The molecular weight excluding hydrogens is 248 g/mol. The molecular formula is C9H7BrN2O2. The molecule has 0 aliphatic heterocycles. The Hall–Kier alpha value is -1.38. The molecule has 1 aromatic rings. The number of aromatic carboxylic acids is 1. The van der Waals surface area contributed by atoms with E-state index < -0.39 is 5.97 Å². The monoisotopic (exact) mass is 254 g/mol. The van der Waals surface area contributed by atoms with Crippen LogP contribution in [0.3, 0.4) is 0 Å². The van der Waals surface area contributed by atoms with Gasteiger partial charge >= 0.3 is 5.97 Å². The second-order valence-electron chi connectivity index (χ2n) is 2.57. The lowest BCUT2D eigenvalue weighted by Gasteiger charge is -2.06. The Morgan fingerprint density at radius 3 is 2.71 bits per heavy atom. The highest BCUT2D eigenvalue weighted by molar-refractivity contribution is 9.10. The minimum Gasteiger partial charge on any atom is -0.478 e. The molecule has 0 aromatic heterocycles. The largest absolute Gasteiger partial charge is 0.478 e. The molecule has 0 saturated heterocycles. The van der Waals surface area contributed by atoms with Gasteiger partial charge in [-0.25, -0.2) is 4.79 Å². The molecule has 0 saturated carbocycles. The lowest BCUT2D eigenvalue weighted by Crippen LogP contribution is -2.07. The maximum atomic E-state index is 10.8. The van der Waals surface area contributed by atoms with E-state index in [1.807, 2.05) is 6.07 Å². The van der Waals surface area contributed by atoms with Crippen LogP contribution in [0.2, 0.25) is 0 Å². The summed E-state index contributed by atoms with van der Waals surface area (Å²) >= 11 is 3.21. The Morgan fingerprint density at radius 2 is 2.29 bits per heavy atom. The molecule has 72 valence electrons. The van der Waals surface area contributed by atoms with Crippen LogP contribution in [0.5, 0.6) is 0 Å². The summed E-state index contributed by atoms with van der Waals surface area (Å²) in [5.74, 6) is -1.12. The number of hydrogen-bond acceptors (Lipinski definition) is 3. The molecule has 0 atom stereocenters. The van der Waals surface area contributed by atoms with Gasteiger partial charge in [0.25, 0.3) is 0 Å². The number of nitrogens with two attached hydrogens (primary N) is 1. The topological polar surface area (TPSA) is 87.1 Å². The molecule has 0 aliphatic carbocycles. The predicted molar refractivity (Wildman–Crippen MR) is 53.7 cm³/mol. The fourth-order valence-electron chi connectivity index (χ4n) is 1.13. The molecule has 4 nitrogen and oxygen atoms in total. The summed E-state index contributed by atoms with van der Waals surface area (Å²) in [6.45, 7) is 0.130. The van der Waals surface area contributed by atoms with E-state index in [-0.39, 0.29) is 17.7 Å². The van der Waals surface area contributed by atoms with Gasteiger partial charge in [-0.3, -0.25) is 0 Å². The van der Waals surface area contributed by atoms with Crippen LogP contribution < -0.4 is 5.73 Å². The number of benzene rings is 1. The molecule has 1 rings (SSSR count). The molecule has 3 N–H and O–H groups in total. The zero-order chi connectivity index (χ0) is 10.7. The van der Waals surface area contributed by atoms with Crippen molar-refractivity contribution in [3.05, 3.63) is 33.3 Å². The van der Waals surface area contributed by atoms with E-state index in [2.05, 4.69) is 15.9 Å². The van der Waals surface area contributed by atoms with Crippen molar-refractivity contribution in [3.63, 3.8) is 0 Å². The number of hydrogen-bond donors (Lipinski definition) is 2. The number of nitrogens with zero attached hydrogens (tertiary/aromatic N) is 1. The first-order valence-corrected chi connectivity index (χ1v) is 4.56. The Kier molecular flexibility index (Phi) is 3.23. The summed E-state index contributed by atoms with van der Waals surface area (Å²) in [5, 5.41) is 17.6. The molecule has 14 heavy (non-hydrogen) atoms. The zero-order valence-corrected chi connectivity index (χ0v) is 8.71. The van der Waals surface area contributed by atoms with Crippen molar-refractivity contribution in [2.75, 3.05) is 0 Å². The van der Waals surface area contributed by atoms with Crippen molar-refractivity contribution in [1.82, 2.24) is 0 Å². The molecule has 0 unspecified atom stereocenters. The Balaban J connectivity index is 3.50. The predicted octanol–water partition coefficient (Wildman–Crippen LogP) is 1.48. The van der Waals surface area contributed by atoms with Crippen LogP contribution >= 0.6 is 15.9 Å². The van der Waals surface area contributed by atoms with Gasteiger partial charge in [0.05, 0.1) is 11.1 Å². The minimum absolute atomic E-state index is 0.0175. The Labute approximate surface area is 89.1 Å². The number of carboxylic acid groups (broad SMARTS) is 1. The van der Waals surface area contributed by atoms with Gasteiger partial charge in [0.1, 0.15) is 6.07 Å². The third-order valence-corrected chi connectivity index (χ3v) is 2.55. The molecule has 0 amide bonds.